The van der Waals surface area contributed by atoms with Crippen LogP contribution in [-0.2, 0) is 0 Å². The van der Waals surface area contributed by atoms with Gasteiger partial charge in [-0.15, -0.1) is 0 Å². The number of nitrogens with zero attached hydrogens (tertiary/aromatic N) is 2. The van der Waals surface area contributed by atoms with Crippen LogP contribution in [0.5, 0.6) is 11.5 Å². The number of allylic oxidation sites excluding steroid dienone is 1. The lowest BCUT2D eigenvalue weighted by molar-refractivity contribution is -0.391. The maximum Gasteiger partial charge on any atom is 0.507 e. The Labute approximate surface area is 115 Å². The highest BCUT2D eigenvalue weighted by molar-refractivity contribution is 5.57. The molecule has 0 aliphatic carbocycles. The van der Waals surface area contributed by atoms with E-state index in [2.05, 4.69) is 14.8 Å². The molecular formula is C12H5F4N3O2. The average Bonchev–Trinajstić information content (AvgIpc) is 2.40. The molecule has 1 heterocycles. The number of nitrogens with one attached hydrogen (secondary N) is 1. The highest BCUT2D eigenvalue weighted by Crippen LogP contribution is 2.47. The van der Waals surface area contributed by atoms with Crippen LogP contribution in [0.15, 0.2) is 30.0 Å². The van der Waals surface area contributed by atoms with Gasteiger partial charge < -0.3 is 14.8 Å². The summed E-state index contributed by atoms with van der Waals surface area (Å²) in [4.78, 5) is 0. The molecular weight excluding hydrogens is 294 g/mol. The summed E-state index contributed by atoms with van der Waals surface area (Å²) in [6, 6.07) is 6.33. The van der Waals surface area contributed by atoms with Crippen LogP contribution in [-0.4, -0.2) is 12.2 Å². The van der Waals surface area contributed by atoms with Crippen molar-refractivity contribution >= 4 is 5.69 Å². The van der Waals surface area contributed by atoms with Crippen molar-refractivity contribution in [1.82, 2.24) is 0 Å². The van der Waals surface area contributed by atoms with Crippen molar-refractivity contribution in [1.29, 1.82) is 10.5 Å². The lowest BCUT2D eigenvalue weighted by Gasteiger charge is -2.31. The maximum atomic E-state index is 13.0. The number of hydrogen-bond donors (Lipinski definition) is 1. The van der Waals surface area contributed by atoms with Gasteiger partial charge >= 0.3 is 12.2 Å². The van der Waals surface area contributed by atoms with Gasteiger partial charge in [0.25, 0.3) is 0 Å². The summed E-state index contributed by atoms with van der Waals surface area (Å²) in [6.45, 7) is 0. The number of alkyl halides is 4. The van der Waals surface area contributed by atoms with Crippen LogP contribution in [0.25, 0.3) is 0 Å². The van der Waals surface area contributed by atoms with Gasteiger partial charge in [0.15, 0.2) is 11.5 Å². The second kappa shape index (κ2) is 4.87. The van der Waals surface area contributed by atoms with E-state index in [4.69, 9.17) is 10.5 Å². The second-order valence-electron chi connectivity index (χ2n) is 3.83. The summed E-state index contributed by atoms with van der Waals surface area (Å²) in [5.41, 5.74) is -0.122. The lowest BCUT2D eigenvalue weighted by atomic mass is 10.2. The van der Waals surface area contributed by atoms with E-state index in [-0.39, 0.29) is 11.3 Å². The standard InChI is InChI=1S/C12H5F4N3O2/c13-11(14)12(15,16)21-10-3-8(1-2-9(10)20-11)19-6-7(4-17)5-18/h1-3,6,19H. The van der Waals surface area contributed by atoms with Gasteiger partial charge in [-0.1, -0.05) is 0 Å². The van der Waals surface area contributed by atoms with Crippen LogP contribution in [0.3, 0.4) is 0 Å². The summed E-state index contributed by atoms with van der Waals surface area (Å²) < 4.78 is 59.7. The maximum absolute atomic E-state index is 13.0. The molecule has 1 aliphatic heterocycles. The van der Waals surface area contributed by atoms with Gasteiger partial charge in [0, 0.05) is 18.0 Å². The Morgan fingerprint density at radius 1 is 1.05 bits per heavy atom. The molecule has 0 spiro atoms. The van der Waals surface area contributed by atoms with E-state index < -0.39 is 23.7 Å². The van der Waals surface area contributed by atoms with E-state index in [1.54, 1.807) is 12.1 Å². The Balaban J connectivity index is 2.28. The van der Waals surface area contributed by atoms with E-state index in [0.29, 0.717) is 0 Å². The van der Waals surface area contributed by atoms with Gasteiger partial charge in [0.05, 0.1) is 0 Å². The fraction of sp³-hybridized carbons (Fsp3) is 0.167. The van der Waals surface area contributed by atoms with Crippen LogP contribution >= 0.6 is 0 Å². The Bertz CT molecular complexity index is 673. The summed E-state index contributed by atoms with van der Waals surface area (Å²) in [5, 5.41) is 19.5. The molecule has 0 bridgehead atoms. The van der Waals surface area contributed by atoms with Crippen molar-refractivity contribution in [2.45, 2.75) is 12.2 Å². The number of benzene rings is 1. The van der Waals surface area contributed by atoms with E-state index in [9.17, 15) is 17.6 Å². The zero-order valence-corrected chi connectivity index (χ0v) is 10.0. The molecule has 1 N–H and O–H groups in total. The molecule has 0 saturated carbocycles. The van der Waals surface area contributed by atoms with Crippen LogP contribution in [0, 0.1) is 22.7 Å². The Hall–Kier alpha value is -2.94. The highest BCUT2D eigenvalue weighted by atomic mass is 19.3. The minimum absolute atomic E-state index is 0.140. The van der Waals surface area contributed by atoms with E-state index in [1.807, 2.05) is 0 Å². The first kappa shape index (κ1) is 14.5. The van der Waals surface area contributed by atoms with Gasteiger partial charge in [-0.2, -0.15) is 28.1 Å². The number of halogens is 4. The molecule has 0 saturated heterocycles. The molecule has 108 valence electrons. The smallest absolute Gasteiger partial charge is 0.421 e. The monoisotopic (exact) mass is 299 g/mol. The summed E-state index contributed by atoms with van der Waals surface area (Å²) >= 11 is 0. The molecule has 0 atom stereocenters. The van der Waals surface area contributed by atoms with Crippen molar-refractivity contribution in [3.8, 4) is 23.6 Å². The minimum atomic E-state index is -4.81. The van der Waals surface area contributed by atoms with Crippen LogP contribution < -0.4 is 14.8 Å². The van der Waals surface area contributed by atoms with Crippen molar-refractivity contribution in [2.75, 3.05) is 5.32 Å². The first-order chi connectivity index (χ1) is 9.79. The fourth-order valence-corrected chi connectivity index (χ4v) is 1.40. The number of rotatable bonds is 2. The largest absolute Gasteiger partial charge is 0.507 e. The van der Waals surface area contributed by atoms with E-state index >= 15 is 0 Å². The molecule has 0 radical (unpaired) electrons. The third kappa shape index (κ3) is 2.67. The minimum Gasteiger partial charge on any atom is -0.421 e. The van der Waals surface area contributed by atoms with Gasteiger partial charge in [0.2, 0.25) is 0 Å². The molecule has 0 amide bonds. The Kier molecular flexibility index (Phi) is 3.36. The van der Waals surface area contributed by atoms with Gasteiger partial charge in [0.1, 0.15) is 17.7 Å². The molecule has 21 heavy (non-hydrogen) atoms. The molecule has 1 aliphatic rings. The zero-order chi connectivity index (χ0) is 15.7. The number of ether oxygens (including phenoxy) is 2. The lowest BCUT2D eigenvalue weighted by Crippen LogP contribution is -2.52. The number of nitriles is 2. The molecule has 2 rings (SSSR count). The van der Waals surface area contributed by atoms with Crippen molar-refractivity contribution < 1.29 is 27.0 Å². The average molecular weight is 299 g/mol. The summed E-state index contributed by atoms with van der Waals surface area (Å²) in [7, 11) is 0. The van der Waals surface area contributed by atoms with Gasteiger partial charge in [-0.3, -0.25) is 0 Å². The van der Waals surface area contributed by atoms with E-state index in [0.717, 1.165) is 18.3 Å². The molecule has 5 nitrogen and oxygen atoms in total. The van der Waals surface area contributed by atoms with Crippen molar-refractivity contribution in [3.05, 3.63) is 30.0 Å². The molecule has 1 aromatic carbocycles. The predicted molar refractivity (Wildman–Crippen MR) is 60.5 cm³/mol. The first-order valence-electron chi connectivity index (χ1n) is 5.34. The van der Waals surface area contributed by atoms with Crippen LogP contribution in [0.4, 0.5) is 23.2 Å². The summed E-state index contributed by atoms with van der Waals surface area (Å²) in [5.74, 6) is -1.15. The van der Waals surface area contributed by atoms with E-state index in [1.165, 1.54) is 6.07 Å². The topological polar surface area (TPSA) is 78.1 Å². The SMILES string of the molecule is N#CC(C#N)=CNc1ccc2c(c1)OC(F)(F)C(F)(F)O2. The van der Waals surface area contributed by atoms with Crippen LogP contribution in [0.2, 0.25) is 0 Å². The van der Waals surface area contributed by atoms with Gasteiger partial charge in [-0.25, -0.2) is 0 Å². The normalized spacial score (nSPS) is 17.0. The molecule has 9 heteroatoms. The van der Waals surface area contributed by atoms with Crippen LogP contribution in [0.1, 0.15) is 0 Å². The molecule has 0 fully saturated rings. The Morgan fingerprint density at radius 2 is 1.62 bits per heavy atom. The number of hydrogen-bond acceptors (Lipinski definition) is 5. The third-order valence-corrected chi connectivity index (χ3v) is 2.38. The Morgan fingerprint density at radius 3 is 2.19 bits per heavy atom. The first-order valence-corrected chi connectivity index (χ1v) is 5.34. The summed E-state index contributed by atoms with van der Waals surface area (Å²) in [6.07, 6.45) is -8.55. The molecule has 0 unspecified atom stereocenters. The van der Waals surface area contributed by atoms with Gasteiger partial charge in [-0.05, 0) is 12.1 Å². The second-order valence-corrected chi connectivity index (χ2v) is 3.83. The predicted octanol–water partition coefficient (Wildman–Crippen LogP) is 2.99. The van der Waals surface area contributed by atoms with Crippen molar-refractivity contribution in [2.24, 2.45) is 0 Å². The fourth-order valence-electron chi connectivity index (χ4n) is 1.40. The number of anilines is 1. The quantitative estimate of drug-likeness (QED) is 0.671. The molecule has 1 aromatic rings. The zero-order valence-electron chi connectivity index (χ0n) is 10.0. The van der Waals surface area contributed by atoms with Crippen molar-refractivity contribution in [3.63, 3.8) is 0 Å². The third-order valence-electron chi connectivity index (χ3n) is 2.38. The number of fused-ring (bicyclic) bond motifs is 1. The highest BCUT2D eigenvalue weighted by Gasteiger charge is 2.65. The molecule has 0 aromatic heterocycles.